The largest absolute Gasteiger partial charge is 0.456 e. The zero-order valence-electron chi connectivity index (χ0n) is 30.3. The van der Waals surface area contributed by atoms with Gasteiger partial charge in [0.05, 0.1) is 16.8 Å². The normalized spacial score (nSPS) is 13.4. The number of furan rings is 3. The lowest BCUT2D eigenvalue weighted by Crippen LogP contribution is -2.17. The lowest BCUT2D eigenvalue weighted by atomic mass is 9.82. The lowest BCUT2D eigenvalue weighted by Gasteiger charge is -2.29. The molecule has 55 heavy (non-hydrogen) atoms. The minimum absolute atomic E-state index is 0.179. The third kappa shape index (κ3) is 4.17. The standard InChI is InChI=1S/C51H33NO3/c1-51(2)38-20-10-6-17-33(38)34-25-24-31(28-39(34)51)52(40-21-11-7-16-32(40)30-14-4-3-5-15-30)41-29-45-47(46-37-19-9-13-23-43(37)55-50(41)46)48-44(53-45)27-26-36-35-18-8-12-22-42(35)54-49(36)48/h3-29H,1-2H3. The summed E-state index contributed by atoms with van der Waals surface area (Å²) < 4.78 is 20.5. The molecule has 11 aromatic rings. The van der Waals surface area contributed by atoms with Gasteiger partial charge in [-0.25, -0.2) is 0 Å². The van der Waals surface area contributed by atoms with Crippen LogP contribution in [0.15, 0.2) is 177 Å². The number of rotatable bonds is 4. The van der Waals surface area contributed by atoms with Gasteiger partial charge in [0.15, 0.2) is 5.58 Å². The highest BCUT2D eigenvalue weighted by Crippen LogP contribution is 2.54. The van der Waals surface area contributed by atoms with E-state index in [9.17, 15) is 0 Å². The van der Waals surface area contributed by atoms with Crippen molar-refractivity contribution in [3.8, 4) is 22.3 Å². The number of hydrogen-bond donors (Lipinski definition) is 0. The van der Waals surface area contributed by atoms with Gasteiger partial charge in [-0.1, -0.05) is 129 Å². The van der Waals surface area contributed by atoms with E-state index in [4.69, 9.17) is 13.3 Å². The van der Waals surface area contributed by atoms with Crippen molar-refractivity contribution in [2.24, 2.45) is 0 Å². The van der Waals surface area contributed by atoms with E-state index in [1.165, 1.54) is 22.3 Å². The molecule has 0 unspecified atom stereocenters. The lowest BCUT2D eigenvalue weighted by molar-refractivity contribution is 0.659. The first kappa shape index (κ1) is 30.4. The van der Waals surface area contributed by atoms with Crippen LogP contribution in [-0.4, -0.2) is 0 Å². The Morgan fingerprint density at radius 2 is 1.07 bits per heavy atom. The van der Waals surface area contributed by atoms with Crippen molar-refractivity contribution in [1.29, 1.82) is 0 Å². The molecule has 0 atom stereocenters. The first-order valence-corrected chi connectivity index (χ1v) is 18.8. The Labute approximate surface area is 316 Å². The van der Waals surface area contributed by atoms with Gasteiger partial charge in [0.25, 0.3) is 0 Å². The topological polar surface area (TPSA) is 42.7 Å². The summed E-state index contributed by atoms with van der Waals surface area (Å²) in [6, 6.07) is 57.9. The smallest absolute Gasteiger partial charge is 0.160 e. The summed E-state index contributed by atoms with van der Waals surface area (Å²) in [4.78, 5) is 2.37. The molecule has 4 heteroatoms. The van der Waals surface area contributed by atoms with Crippen LogP contribution in [-0.2, 0) is 5.41 Å². The van der Waals surface area contributed by atoms with Gasteiger partial charge in [0.1, 0.15) is 27.9 Å². The van der Waals surface area contributed by atoms with Gasteiger partial charge >= 0.3 is 0 Å². The molecule has 0 saturated heterocycles. The Hall–Kier alpha value is -7.04. The quantitative estimate of drug-likeness (QED) is 0.183. The predicted molar refractivity (Wildman–Crippen MR) is 226 cm³/mol. The van der Waals surface area contributed by atoms with Crippen LogP contribution >= 0.6 is 0 Å². The fraction of sp³-hybridized carbons (Fsp3) is 0.0588. The number of benzene rings is 8. The van der Waals surface area contributed by atoms with Crippen molar-refractivity contribution in [3.05, 3.63) is 175 Å². The van der Waals surface area contributed by atoms with E-state index in [1.807, 2.05) is 18.2 Å². The van der Waals surface area contributed by atoms with Crippen LogP contribution in [0.2, 0.25) is 0 Å². The van der Waals surface area contributed by atoms with Crippen LogP contribution in [0, 0.1) is 0 Å². The molecule has 260 valence electrons. The highest BCUT2D eigenvalue weighted by Gasteiger charge is 2.36. The fourth-order valence-corrected chi connectivity index (χ4v) is 9.33. The summed E-state index contributed by atoms with van der Waals surface area (Å²) in [6.07, 6.45) is 0. The second-order valence-corrected chi connectivity index (χ2v) is 15.2. The summed E-state index contributed by atoms with van der Waals surface area (Å²) in [5.74, 6) is 0. The van der Waals surface area contributed by atoms with Crippen molar-refractivity contribution in [2.75, 3.05) is 4.90 Å². The molecular weight excluding hydrogens is 675 g/mol. The SMILES string of the molecule is CC1(C)c2ccccc2-c2ccc(N(c3ccccc3-c3ccccc3)c3cc4oc5ccc6c7ccccc7oc6c5c4c4c3oc3ccccc34)cc21. The van der Waals surface area contributed by atoms with E-state index in [-0.39, 0.29) is 5.41 Å². The molecular formula is C51H33NO3. The maximum atomic E-state index is 7.02. The Kier molecular flexibility index (Phi) is 6.09. The van der Waals surface area contributed by atoms with Gasteiger partial charge in [-0.3, -0.25) is 0 Å². The van der Waals surface area contributed by atoms with Crippen molar-refractivity contribution < 1.29 is 13.3 Å². The van der Waals surface area contributed by atoms with Crippen molar-refractivity contribution in [2.45, 2.75) is 19.3 Å². The van der Waals surface area contributed by atoms with Gasteiger partial charge in [-0.2, -0.15) is 0 Å². The molecule has 12 rings (SSSR count). The molecule has 0 saturated carbocycles. The maximum Gasteiger partial charge on any atom is 0.160 e. The molecule has 1 aliphatic rings. The summed E-state index contributed by atoms with van der Waals surface area (Å²) in [6.45, 7) is 4.67. The zero-order valence-corrected chi connectivity index (χ0v) is 30.3. The number of para-hydroxylation sites is 3. The van der Waals surface area contributed by atoms with Crippen LogP contribution in [0.1, 0.15) is 25.0 Å². The first-order valence-electron chi connectivity index (χ1n) is 18.8. The van der Waals surface area contributed by atoms with Gasteiger partial charge in [0.2, 0.25) is 0 Å². The van der Waals surface area contributed by atoms with Crippen LogP contribution in [0.5, 0.6) is 0 Å². The molecule has 0 amide bonds. The predicted octanol–water partition coefficient (Wildman–Crippen LogP) is 14.8. The number of fused-ring (bicyclic) bond motifs is 14. The minimum atomic E-state index is -0.179. The molecule has 3 heterocycles. The van der Waals surface area contributed by atoms with Gasteiger partial charge in [-0.05, 0) is 70.3 Å². The van der Waals surface area contributed by atoms with E-state index in [2.05, 4.69) is 164 Å². The van der Waals surface area contributed by atoms with Crippen molar-refractivity contribution in [3.63, 3.8) is 0 Å². The van der Waals surface area contributed by atoms with Gasteiger partial charge < -0.3 is 18.2 Å². The Balaban J connectivity index is 1.21. The van der Waals surface area contributed by atoms with Crippen molar-refractivity contribution in [1.82, 2.24) is 0 Å². The fourth-order valence-electron chi connectivity index (χ4n) is 9.33. The van der Waals surface area contributed by atoms with Crippen molar-refractivity contribution >= 4 is 82.9 Å². The first-order chi connectivity index (χ1) is 27.0. The molecule has 1 aliphatic carbocycles. The average molecular weight is 708 g/mol. The van der Waals surface area contributed by atoms with E-state index in [0.717, 1.165) is 94.0 Å². The van der Waals surface area contributed by atoms with Crippen LogP contribution in [0.3, 0.4) is 0 Å². The third-order valence-corrected chi connectivity index (χ3v) is 11.9. The Morgan fingerprint density at radius 1 is 0.400 bits per heavy atom. The number of hydrogen-bond acceptors (Lipinski definition) is 4. The highest BCUT2D eigenvalue weighted by atomic mass is 16.3. The van der Waals surface area contributed by atoms with E-state index in [1.54, 1.807) is 0 Å². The minimum Gasteiger partial charge on any atom is -0.456 e. The molecule has 0 bridgehead atoms. The van der Waals surface area contributed by atoms with E-state index in [0.29, 0.717) is 0 Å². The summed E-state index contributed by atoms with van der Waals surface area (Å²) in [5.41, 5.74) is 15.1. The maximum absolute atomic E-state index is 7.02. The molecule has 0 N–H and O–H groups in total. The van der Waals surface area contributed by atoms with E-state index >= 15 is 0 Å². The van der Waals surface area contributed by atoms with Crippen LogP contribution < -0.4 is 4.90 Å². The molecule has 0 spiro atoms. The average Bonchev–Trinajstić information content (AvgIpc) is 3.97. The second kappa shape index (κ2) is 11.0. The second-order valence-electron chi connectivity index (χ2n) is 15.2. The Morgan fingerprint density at radius 3 is 1.93 bits per heavy atom. The molecule has 4 nitrogen and oxygen atoms in total. The van der Waals surface area contributed by atoms with Crippen LogP contribution in [0.4, 0.5) is 17.1 Å². The summed E-state index contributed by atoms with van der Waals surface area (Å²) >= 11 is 0. The monoisotopic (exact) mass is 707 g/mol. The Bertz CT molecular complexity index is 3360. The van der Waals surface area contributed by atoms with Gasteiger partial charge in [-0.15, -0.1) is 0 Å². The third-order valence-electron chi connectivity index (χ3n) is 11.9. The zero-order chi connectivity index (χ0) is 36.4. The molecule has 0 fully saturated rings. The number of nitrogens with zero attached hydrogens (tertiary/aromatic N) is 1. The molecule has 3 aromatic heterocycles. The highest BCUT2D eigenvalue weighted by molar-refractivity contribution is 6.33. The number of anilines is 3. The molecule has 0 aliphatic heterocycles. The molecule has 8 aromatic carbocycles. The van der Waals surface area contributed by atoms with Crippen LogP contribution in [0.25, 0.3) is 88.1 Å². The van der Waals surface area contributed by atoms with E-state index < -0.39 is 0 Å². The molecule has 0 radical (unpaired) electrons. The van der Waals surface area contributed by atoms with Gasteiger partial charge in [0, 0.05) is 49.7 Å². The summed E-state index contributed by atoms with van der Waals surface area (Å²) in [7, 11) is 0. The summed E-state index contributed by atoms with van der Waals surface area (Å²) in [5, 5.41) is 6.14.